The summed E-state index contributed by atoms with van der Waals surface area (Å²) in [7, 11) is 0. The molecule has 0 aliphatic heterocycles. The summed E-state index contributed by atoms with van der Waals surface area (Å²) in [6.45, 7) is -0.0339. The molecule has 0 aliphatic rings. The Labute approximate surface area is 146 Å². The minimum atomic E-state index is -1.88. The summed E-state index contributed by atoms with van der Waals surface area (Å²) >= 11 is -1.88. The molecule has 0 amide bonds. The first kappa shape index (κ1) is 16.5. The van der Waals surface area contributed by atoms with E-state index in [1.54, 1.807) is 0 Å². The van der Waals surface area contributed by atoms with Gasteiger partial charge in [-0.15, -0.1) is 0 Å². The Morgan fingerprint density at radius 3 is 1.58 bits per heavy atom. The van der Waals surface area contributed by atoms with Crippen LogP contribution in [0.4, 0.5) is 0 Å². The normalized spacial score (nSPS) is 12.0. The zero-order valence-electron chi connectivity index (χ0n) is 13.2. The fourth-order valence-electron chi connectivity index (χ4n) is 2.84. The van der Waals surface area contributed by atoms with Crippen molar-refractivity contribution in [3.8, 4) is 0 Å². The van der Waals surface area contributed by atoms with Gasteiger partial charge in [0.05, 0.1) is 0 Å². The molecule has 0 saturated carbocycles. The van der Waals surface area contributed by atoms with E-state index in [1.165, 1.54) is 8.70 Å². The molecule has 0 fully saturated rings. The number of hydrogen-bond acceptors (Lipinski definition) is 2. The topological polar surface area (TPSA) is 43.1 Å². The van der Waals surface area contributed by atoms with Crippen LogP contribution in [-0.4, -0.2) is 26.1 Å². The Bertz CT molecular complexity index is 739. The van der Waals surface area contributed by atoms with Gasteiger partial charge in [-0.05, 0) is 0 Å². The van der Waals surface area contributed by atoms with E-state index in [0.29, 0.717) is 0 Å². The third-order valence-corrected chi connectivity index (χ3v) is 9.75. The van der Waals surface area contributed by atoms with Crippen LogP contribution in [0.15, 0.2) is 91.0 Å². The molecule has 0 heterocycles. The number of benzene rings is 3. The number of hydrogen-bond donors (Lipinski definition) is 0. The van der Waals surface area contributed by atoms with Gasteiger partial charge in [0.1, 0.15) is 0 Å². The summed E-state index contributed by atoms with van der Waals surface area (Å²) in [4.78, 5) is 11.2. The van der Waals surface area contributed by atoms with Crippen LogP contribution in [0.3, 0.4) is 0 Å². The molecule has 1 unspecified atom stereocenters. The van der Waals surface area contributed by atoms with E-state index in [0.717, 1.165) is 5.56 Å². The molecule has 0 aliphatic carbocycles. The van der Waals surface area contributed by atoms with Crippen LogP contribution in [0.1, 0.15) is 10.3 Å². The van der Waals surface area contributed by atoms with Gasteiger partial charge in [0.25, 0.3) is 0 Å². The van der Waals surface area contributed by atoms with E-state index >= 15 is 0 Å². The monoisotopic (exact) mass is 379 g/mol. The Morgan fingerprint density at radius 1 is 0.750 bits per heavy atom. The van der Waals surface area contributed by atoms with Crippen molar-refractivity contribution in [2.24, 2.45) is 0 Å². The zero-order valence-corrected chi connectivity index (χ0v) is 15.0. The minimum absolute atomic E-state index is 0.0339. The van der Waals surface area contributed by atoms with Crippen LogP contribution in [-0.2, 0) is 0 Å². The molecule has 0 spiro atoms. The second kappa shape index (κ2) is 7.94. The molecule has 3 nitrogen and oxygen atoms in total. The molecule has 3 aromatic carbocycles. The molecule has 0 N–H and O–H groups in total. The maximum atomic E-state index is 11.4. The second-order valence-corrected chi connectivity index (χ2v) is 10.5. The van der Waals surface area contributed by atoms with Crippen LogP contribution < -0.4 is 8.70 Å². The van der Waals surface area contributed by atoms with E-state index in [2.05, 4.69) is 24.3 Å². The average Bonchev–Trinajstić information content (AvgIpc) is 2.63. The summed E-state index contributed by atoms with van der Waals surface area (Å²) in [6.07, 6.45) is 0. The van der Waals surface area contributed by atoms with Crippen molar-refractivity contribution in [1.82, 2.24) is 0 Å². The zero-order chi connectivity index (χ0) is 16.8. The predicted octanol–water partition coefficient (Wildman–Crippen LogP) is 2.90. The summed E-state index contributed by atoms with van der Waals surface area (Å²) in [5, 5.41) is 11.4. The molecule has 1 atom stereocenters. The van der Waals surface area contributed by atoms with Crippen molar-refractivity contribution in [2.75, 3.05) is 6.54 Å². The first-order valence-electron chi connectivity index (χ1n) is 7.82. The van der Waals surface area contributed by atoms with Crippen molar-refractivity contribution in [3.05, 3.63) is 107 Å². The van der Waals surface area contributed by atoms with Gasteiger partial charge in [-0.25, -0.2) is 0 Å². The van der Waals surface area contributed by atoms with Crippen molar-refractivity contribution in [3.63, 3.8) is 0 Å². The molecule has 3 rings (SSSR count). The third-order valence-electron chi connectivity index (χ3n) is 3.89. The van der Waals surface area contributed by atoms with E-state index in [-0.39, 0.29) is 16.2 Å². The van der Waals surface area contributed by atoms with Crippen LogP contribution in [0.25, 0.3) is 0 Å². The Morgan fingerprint density at radius 2 is 1.17 bits per heavy atom. The molecule has 120 valence electrons. The van der Waals surface area contributed by atoms with Crippen LogP contribution in [0.5, 0.6) is 0 Å². The van der Waals surface area contributed by atoms with Crippen LogP contribution in [0, 0.1) is 10.1 Å². The van der Waals surface area contributed by atoms with Crippen molar-refractivity contribution >= 4 is 23.4 Å². The van der Waals surface area contributed by atoms with Crippen molar-refractivity contribution in [2.45, 2.75) is 4.71 Å². The Hall–Kier alpha value is -2.38. The SMILES string of the molecule is O=[N+]([O-])CC(c1ccccc1)[As](c1ccccc1)c1ccccc1. The summed E-state index contributed by atoms with van der Waals surface area (Å²) in [5.74, 6) is 0. The molecule has 4 heteroatoms. The fraction of sp³-hybridized carbons (Fsp3) is 0.100. The summed E-state index contributed by atoms with van der Waals surface area (Å²) in [5.41, 5.74) is 1.06. The third kappa shape index (κ3) is 3.93. The molecule has 0 radical (unpaired) electrons. The van der Waals surface area contributed by atoms with Crippen LogP contribution >= 0.6 is 0 Å². The Balaban J connectivity index is 2.12. The van der Waals surface area contributed by atoms with Gasteiger partial charge in [-0.2, -0.15) is 0 Å². The molecule has 3 aromatic rings. The summed E-state index contributed by atoms with van der Waals surface area (Å²) < 4.78 is 2.41. The van der Waals surface area contributed by atoms with Gasteiger partial charge >= 0.3 is 146 Å². The van der Waals surface area contributed by atoms with E-state index < -0.39 is 14.7 Å². The molecule has 24 heavy (non-hydrogen) atoms. The number of nitro groups is 1. The molecular weight excluding hydrogens is 361 g/mol. The van der Waals surface area contributed by atoms with Gasteiger partial charge < -0.3 is 0 Å². The fourth-order valence-corrected chi connectivity index (χ4v) is 8.65. The predicted molar refractivity (Wildman–Crippen MR) is 99.0 cm³/mol. The van der Waals surface area contributed by atoms with Crippen molar-refractivity contribution in [1.29, 1.82) is 0 Å². The van der Waals surface area contributed by atoms with Gasteiger partial charge in [-0.1, -0.05) is 0 Å². The van der Waals surface area contributed by atoms with Gasteiger partial charge in [0.2, 0.25) is 0 Å². The van der Waals surface area contributed by atoms with Crippen LogP contribution in [0.2, 0.25) is 0 Å². The molecule has 0 saturated heterocycles. The van der Waals surface area contributed by atoms with E-state index in [1.807, 2.05) is 66.7 Å². The quantitative estimate of drug-likeness (QED) is 0.376. The molecule has 0 bridgehead atoms. The second-order valence-electron chi connectivity index (χ2n) is 5.48. The Kier molecular flexibility index (Phi) is 5.45. The van der Waals surface area contributed by atoms with Crippen molar-refractivity contribution < 1.29 is 4.92 Å². The summed E-state index contributed by atoms with van der Waals surface area (Å²) in [6, 6.07) is 30.4. The average molecular weight is 379 g/mol. The van der Waals surface area contributed by atoms with Gasteiger partial charge in [0, 0.05) is 0 Å². The standard InChI is InChI=1S/C20H18AsNO2/c23-22(24)16-20(17-10-4-1-5-11-17)21(18-12-6-2-7-13-18)19-14-8-3-9-15-19/h1-15,20H,16H2. The van der Waals surface area contributed by atoms with Gasteiger partial charge in [-0.3, -0.25) is 0 Å². The van der Waals surface area contributed by atoms with E-state index in [4.69, 9.17) is 0 Å². The molecule has 0 aromatic heterocycles. The number of rotatable bonds is 6. The van der Waals surface area contributed by atoms with E-state index in [9.17, 15) is 10.1 Å². The van der Waals surface area contributed by atoms with Gasteiger partial charge in [0.15, 0.2) is 0 Å². The molecular formula is C20H18AsNO2. The first-order valence-corrected chi connectivity index (χ1v) is 10.8. The maximum absolute atomic E-state index is 11.4. The number of nitrogens with zero attached hydrogens (tertiary/aromatic N) is 1. The first-order chi connectivity index (χ1) is 11.8.